The van der Waals surface area contributed by atoms with E-state index in [-0.39, 0.29) is 5.78 Å². The van der Waals surface area contributed by atoms with Gasteiger partial charge in [0.15, 0.2) is 5.78 Å². The smallest absolute Gasteiger partial charge is 0.318 e. The van der Waals surface area contributed by atoms with Gasteiger partial charge in [0, 0.05) is 39.5 Å². The maximum Gasteiger partial charge on any atom is 0.331 e. The first-order chi connectivity index (χ1) is 21.7. The van der Waals surface area contributed by atoms with Crippen molar-refractivity contribution in [3.8, 4) is 0 Å². The van der Waals surface area contributed by atoms with Crippen molar-refractivity contribution in [3.05, 3.63) is 148 Å². The summed E-state index contributed by atoms with van der Waals surface area (Å²) in [5.74, 6) is 0.433. The summed E-state index contributed by atoms with van der Waals surface area (Å²) in [4.78, 5) is 33.0. The van der Waals surface area contributed by atoms with Crippen LogP contribution in [0.2, 0.25) is 5.02 Å². The molecule has 0 atom stereocenters. The summed E-state index contributed by atoms with van der Waals surface area (Å²) < 4.78 is 0. The fourth-order valence-corrected chi connectivity index (χ4v) is 5.67. The van der Waals surface area contributed by atoms with Crippen LogP contribution in [0.15, 0.2) is 137 Å². The standard InChI is InChI=1S/C38H37ClN2O3S/c1-27-11-8-9-14-36(27)38(43)28(2)16-17-29(3)41(33-12-6-5-7-13-33)34-22-18-31(19-23-34)37(40-44-30(4)42)15-10-26-45-35-24-20-32(39)21-25-35/h5-9,11-14,16-25H,10,15,26H2,1-4H3. The average Bonchev–Trinajstić information content (AvgIpc) is 3.05. The molecule has 0 aliphatic heterocycles. The molecular weight excluding hydrogens is 600 g/mol. The van der Waals surface area contributed by atoms with Gasteiger partial charge in [-0.2, -0.15) is 0 Å². The van der Waals surface area contributed by atoms with Crippen LogP contribution in [-0.4, -0.2) is 23.2 Å². The molecule has 0 saturated heterocycles. The second-order valence-electron chi connectivity index (χ2n) is 10.5. The lowest BCUT2D eigenvalue weighted by Crippen LogP contribution is -2.14. The number of para-hydroxylation sites is 1. The van der Waals surface area contributed by atoms with Gasteiger partial charge in [-0.15, -0.1) is 11.8 Å². The quantitative estimate of drug-likeness (QED) is 0.0214. The van der Waals surface area contributed by atoms with E-state index in [2.05, 4.69) is 10.1 Å². The van der Waals surface area contributed by atoms with Crippen LogP contribution in [0.3, 0.4) is 0 Å². The van der Waals surface area contributed by atoms with Crippen molar-refractivity contribution >= 4 is 52.2 Å². The van der Waals surface area contributed by atoms with E-state index in [4.69, 9.17) is 16.4 Å². The molecule has 0 heterocycles. The number of benzene rings is 4. The summed E-state index contributed by atoms with van der Waals surface area (Å²) >= 11 is 7.75. The molecular formula is C38H37ClN2O3S. The molecule has 5 nitrogen and oxygen atoms in total. The third kappa shape index (κ3) is 9.80. The molecule has 4 aromatic rings. The number of oxime groups is 1. The first-order valence-electron chi connectivity index (χ1n) is 14.8. The van der Waals surface area contributed by atoms with Crippen LogP contribution >= 0.6 is 23.4 Å². The SMILES string of the molecule is CC(=O)ON=C(CCCSc1ccc(Cl)cc1)c1ccc(N(C(C)=CC=C(C)C(=O)c2ccccc2C)c2ccccc2)cc1. The molecule has 0 fully saturated rings. The lowest BCUT2D eigenvalue weighted by molar-refractivity contribution is -0.140. The Bertz CT molecular complexity index is 1700. The summed E-state index contributed by atoms with van der Waals surface area (Å²) in [6.07, 6.45) is 5.34. The first-order valence-corrected chi connectivity index (χ1v) is 16.1. The van der Waals surface area contributed by atoms with Crippen molar-refractivity contribution < 1.29 is 14.4 Å². The van der Waals surface area contributed by atoms with Crippen molar-refractivity contribution in [2.24, 2.45) is 5.16 Å². The predicted octanol–water partition coefficient (Wildman–Crippen LogP) is 10.4. The Balaban J connectivity index is 1.55. The fraction of sp³-hybridized carbons (Fsp3) is 0.184. The minimum atomic E-state index is -0.458. The van der Waals surface area contributed by atoms with Gasteiger partial charge in [-0.05, 0) is 111 Å². The van der Waals surface area contributed by atoms with Gasteiger partial charge in [-0.3, -0.25) is 4.79 Å². The van der Waals surface area contributed by atoms with Gasteiger partial charge in [-0.25, -0.2) is 4.79 Å². The zero-order valence-corrected chi connectivity index (χ0v) is 27.6. The van der Waals surface area contributed by atoms with Gasteiger partial charge >= 0.3 is 5.97 Å². The van der Waals surface area contributed by atoms with Crippen molar-refractivity contribution in [1.82, 2.24) is 0 Å². The molecule has 0 aromatic heterocycles. The summed E-state index contributed by atoms with van der Waals surface area (Å²) in [7, 11) is 0. The van der Waals surface area contributed by atoms with Gasteiger partial charge in [-0.1, -0.05) is 77.4 Å². The van der Waals surface area contributed by atoms with Crippen molar-refractivity contribution in [3.63, 3.8) is 0 Å². The lowest BCUT2D eigenvalue weighted by atomic mass is 10.00. The van der Waals surface area contributed by atoms with E-state index >= 15 is 0 Å². The molecule has 0 bridgehead atoms. The molecule has 0 saturated carbocycles. The maximum absolute atomic E-state index is 13.1. The van der Waals surface area contributed by atoms with Crippen LogP contribution < -0.4 is 4.90 Å². The molecule has 0 N–H and O–H groups in total. The summed E-state index contributed by atoms with van der Waals surface area (Å²) in [5, 5.41) is 4.91. The Morgan fingerprint density at radius 3 is 2.13 bits per heavy atom. The normalized spacial score (nSPS) is 12.2. The highest BCUT2D eigenvalue weighted by Crippen LogP contribution is 2.30. The highest BCUT2D eigenvalue weighted by atomic mass is 35.5. The summed E-state index contributed by atoms with van der Waals surface area (Å²) in [6, 6.07) is 33.5. The molecule has 4 rings (SSSR count). The first kappa shape index (κ1) is 33.5. The maximum atomic E-state index is 13.1. The van der Waals surface area contributed by atoms with Crippen LogP contribution in [0.1, 0.15) is 55.1 Å². The Kier molecular flexibility index (Phi) is 12.4. The Hall–Kier alpha value is -4.39. The van der Waals surface area contributed by atoms with E-state index in [1.807, 2.05) is 136 Å². The number of allylic oxidation sites excluding steroid dienone is 4. The van der Waals surface area contributed by atoms with Crippen LogP contribution in [0, 0.1) is 6.92 Å². The number of hydrogen-bond donors (Lipinski definition) is 0. The second-order valence-corrected chi connectivity index (χ2v) is 12.2. The molecule has 0 radical (unpaired) electrons. The molecule has 0 unspecified atom stereocenters. The number of ketones is 1. The van der Waals surface area contributed by atoms with Crippen molar-refractivity contribution in [1.29, 1.82) is 0 Å². The number of rotatable bonds is 13. The molecule has 0 spiro atoms. The van der Waals surface area contributed by atoms with Crippen molar-refractivity contribution in [2.75, 3.05) is 10.7 Å². The molecule has 230 valence electrons. The number of nitrogens with zero attached hydrogens (tertiary/aromatic N) is 2. The minimum Gasteiger partial charge on any atom is -0.318 e. The third-order valence-electron chi connectivity index (χ3n) is 7.07. The number of hydrogen-bond acceptors (Lipinski definition) is 6. The Labute approximate surface area is 275 Å². The zero-order valence-electron chi connectivity index (χ0n) is 26.0. The highest BCUT2D eigenvalue weighted by Gasteiger charge is 2.14. The van der Waals surface area contributed by atoms with Crippen LogP contribution in [-0.2, 0) is 9.63 Å². The predicted molar refractivity (Wildman–Crippen MR) is 188 cm³/mol. The van der Waals surface area contributed by atoms with Crippen LogP contribution in [0.4, 0.5) is 11.4 Å². The number of carbonyl (C=O) groups is 2. The largest absolute Gasteiger partial charge is 0.331 e. The highest BCUT2D eigenvalue weighted by molar-refractivity contribution is 7.99. The number of Topliss-reactive ketones (excluding diaryl/α,β-unsaturated/α-hetero) is 1. The topological polar surface area (TPSA) is 59.0 Å². The zero-order chi connectivity index (χ0) is 32.2. The second kappa shape index (κ2) is 16.6. The van der Waals surface area contributed by atoms with E-state index < -0.39 is 5.97 Å². The number of anilines is 2. The number of aryl methyl sites for hydroxylation is 1. The van der Waals surface area contributed by atoms with E-state index in [1.165, 1.54) is 6.92 Å². The number of thioether (sulfide) groups is 1. The molecule has 4 aromatic carbocycles. The molecule has 7 heteroatoms. The molecule has 0 aliphatic carbocycles. The van der Waals surface area contributed by atoms with E-state index in [0.29, 0.717) is 23.3 Å². The number of carbonyl (C=O) groups excluding carboxylic acids is 2. The summed E-state index contributed by atoms with van der Waals surface area (Å²) in [5.41, 5.74) is 6.79. The van der Waals surface area contributed by atoms with E-state index in [0.717, 1.165) is 50.3 Å². The van der Waals surface area contributed by atoms with E-state index in [1.54, 1.807) is 11.8 Å². The van der Waals surface area contributed by atoms with Gasteiger partial charge in [0.1, 0.15) is 0 Å². The molecule has 0 aliphatic rings. The summed E-state index contributed by atoms with van der Waals surface area (Å²) in [6.45, 7) is 7.16. The van der Waals surface area contributed by atoms with Crippen molar-refractivity contribution in [2.45, 2.75) is 45.4 Å². The van der Waals surface area contributed by atoms with Crippen LogP contribution in [0.25, 0.3) is 0 Å². The minimum absolute atomic E-state index is 0.0129. The Morgan fingerprint density at radius 1 is 0.822 bits per heavy atom. The monoisotopic (exact) mass is 636 g/mol. The van der Waals surface area contributed by atoms with Gasteiger partial charge < -0.3 is 9.74 Å². The lowest BCUT2D eigenvalue weighted by Gasteiger charge is -2.26. The fourth-order valence-electron chi connectivity index (χ4n) is 4.69. The van der Waals surface area contributed by atoms with E-state index in [9.17, 15) is 9.59 Å². The molecule has 45 heavy (non-hydrogen) atoms. The average molecular weight is 637 g/mol. The Morgan fingerprint density at radius 2 is 1.47 bits per heavy atom. The third-order valence-corrected chi connectivity index (χ3v) is 8.42. The molecule has 0 amide bonds. The van der Waals surface area contributed by atoms with Crippen LogP contribution in [0.5, 0.6) is 0 Å². The van der Waals surface area contributed by atoms with Gasteiger partial charge in [0.2, 0.25) is 0 Å². The van der Waals surface area contributed by atoms with Gasteiger partial charge in [0.05, 0.1) is 5.71 Å². The number of halogens is 1. The van der Waals surface area contributed by atoms with Gasteiger partial charge in [0.25, 0.3) is 0 Å².